The number of hydrogen-bond donors (Lipinski definition) is 3. The summed E-state index contributed by atoms with van der Waals surface area (Å²) < 4.78 is 0. The molecule has 5 N–H and O–H groups in total. The lowest BCUT2D eigenvalue weighted by Gasteiger charge is -2.72. The second-order valence-corrected chi connectivity index (χ2v) is 13.0. The summed E-state index contributed by atoms with van der Waals surface area (Å²) >= 11 is 0. The molecule has 0 bridgehead atoms. The molecule has 3 nitrogen and oxygen atoms in total. The van der Waals surface area contributed by atoms with E-state index in [2.05, 4.69) is 20.8 Å². The van der Waals surface area contributed by atoms with E-state index in [9.17, 15) is 5.11 Å². The van der Waals surface area contributed by atoms with Crippen LogP contribution in [-0.2, 0) is 0 Å². The Bertz CT molecular complexity index is 676. The van der Waals surface area contributed by atoms with Gasteiger partial charge in [-0.25, -0.2) is 0 Å². The highest BCUT2D eigenvalue weighted by Gasteiger charge is 2.72. The van der Waals surface area contributed by atoms with Crippen molar-refractivity contribution < 1.29 is 5.11 Å². The lowest BCUT2D eigenvalue weighted by molar-refractivity contribution is -0.217. The Morgan fingerprint density at radius 2 is 1.43 bits per heavy atom. The van der Waals surface area contributed by atoms with Crippen LogP contribution in [0.25, 0.3) is 0 Å². The topological polar surface area (TPSA) is 72.3 Å². The summed E-state index contributed by atoms with van der Waals surface area (Å²) in [5.41, 5.74) is 15.3. The van der Waals surface area contributed by atoms with Crippen molar-refractivity contribution in [1.29, 1.82) is 0 Å². The van der Waals surface area contributed by atoms with E-state index in [0.29, 0.717) is 11.8 Å². The molecule has 5 fully saturated rings. The van der Waals surface area contributed by atoms with Crippen molar-refractivity contribution in [3.63, 3.8) is 0 Å². The fourth-order valence-electron chi connectivity index (χ4n) is 10.3. The van der Waals surface area contributed by atoms with Gasteiger partial charge in [0.15, 0.2) is 0 Å². The fraction of sp³-hybridized carbons (Fsp3) is 1.00. The van der Waals surface area contributed by atoms with Crippen molar-refractivity contribution in [3.8, 4) is 0 Å². The molecule has 0 saturated heterocycles. The summed E-state index contributed by atoms with van der Waals surface area (Å²) in [6.45, 7) is 7.05. The quantitative estimate of drug-likeness (QED) is 0.554. The minimum absolute atomic E-state index is 0.0213. The van der Waals surface area contributed by atoms with Gasteiger partial charge < -0.3 is 16.6 Å². The van der Waals surface area contributed by atoms with Gasteiger partial charge in [-0.1, -0.05) is 46.0 Å². The molecule has 0 radical (unpaired) electrons. The largest absolute Gasteiger partial charge is 0.393 e. The minimum Gasteiger partial charge on any atom is -0.393 e. The van der Waals surface area contributed by atoms with E-state index in [1.54, 1.807) is 0 Å². The van der Waals surface area contributed by atoms with Crippen molar-refractivity contribution in [3.05, 3.63) is 0 Å². The number of aliphatic hydroxyl groups excluding tert-OH is 1. The number of fused-ring (bicyclic) bond motifs is 5. The van der Waals surface area contributed by atoms with Crippen molar-refractivity contribution >= 4 is 0 Å². The van der Waals surface area contributed by atoms with Gasteiger partial charge in [0.25, 0.3) is 0 Å². The van der Waals surface area contributed by atoms with Gasteiger partial charge in [0.2, 0.25) is 0 Å². The van der Waals surface area contributed by atoms with Crippen LogP contribution in [0.1, 0.15) is 117 Å². The summed E-state index contributed by atoms with van der Waals surface area (Å²) in [7, 11) is 0. The highest BCUT2D eigenvalue weighted by molar-refractivity contribution is 5.25. The summed E-state index contributed by atoms with van der Waals surface area (Å²) in [5, 5.41) is 11.1. The van der Waals surface area contributed by atoms with E-state index in [-0.39, 0.29) is 33.4 Å². The summed E-state index contributed by atoms with van der Waals surface area (Å²) in [4.78, 5) is 0. The molecule has 0 aromatic rings. The van der Waals surface area contributed by atoms with Gasteiger partial charge >= 0.3 is 0 Å². The zero-order valence-corrected chi connectivity index (χ0v) is 20.0. The first-order chi connectivity index (χ1) is 14.1. The molecule has 0 heterocycles. The highest BCUT2D eigenvalue weighted by Crippen LogP contribution is 2.75. The Morgan fingerprint density at radius 3 is 2.10 bits per heavy atom. The maximum Gasteiger partial charge on any atom is 0.0571 e. The molecule has 172 valence electrons. The first kappa shape index (κ1) is 21.7. The zero-order valence-electron chi connectivity index (χ0n) is 20.0. The zero-order chi connectivity index (χ0) is 21.4. The normalized spacial score (nSPS) is 55.4. The average Bonchev–Trinajstić information content (AvgIpc) is 3.53. The summed E-state index contributed by atoms with van der Waals surface area (Å²) in [5.74, 6) is 1.91. The van der Waals surface area contributed by atoms with Crippen molar-refractivity contribution in [2.24, 2.45) is 45.5 Å². The first-order valence-electron chi connectivity index (χ1n) is 13.4. The maximum atomic E-state index is 11.1. The number of hydrogen-bond acceptors (Lipinski definition) is 3. The Balaban J connectivity index is 1.58. The predicted octanol–water partition coefficient (Wildman–Crippen LogP) is 5.53. The van der Waals surface area contributed by atoms with E-state index in [1.165, 1.54) is 83.5 Å². The standard InChI is InChI=1S/C27H48N2O/c1-19(30)23(2)14-8-9-22-26(23,20-10-11-20)16-12-21-24(3)13-6-4-5-7-15-25(24,28)17-18-27(21,22)29/h19-22,30H,4-18,28-29H2,1-3H3/t19-,21+,22+,23+,24+,25?,26?,27-/m0/s1. The van der Waals surface area contributed by atoms with E-state index >= 15 is 0 Å². The monoisotopic (exact) mass is 416 g/mol. The maximum absolute atomic E-state index is 11.1. The van der Waals surface area contributed by atoms with Gasteiger partial charge in [0, 0.05) is 11.1 Å². The Labute approximate surface area is 185 Å². The molecule has 5 saturated carbocycles. The smallest absolute Gasteiger partial charge is 0.0571 e. The second kappa shape index (κ2) is 6.94. The molecule has 0 spiro atoms. The van der Waals surface area contributed by atoms with Crippen LogP contribution in [0, 0.1) is 34.0 Å². The lowest BCUT2D eigenvalue weighted by Crippen LogP contribution is -2.76. The molecule has 30 heavy (non-hydrogen) atoms. The molecular weight excluding hydrogens is 368 g/mol. The third-order valence-corrected chi connectivity index (χ3v) is 12.2. The molecule has 0 aromatic carbocycles. The Hall–Kier alpha value is -0.120. The summed E-state index contributed by atoms with van der Waals surface area (Å²) in [6, 6.07) is 0. The fourth-order valence-corrected chi connectivity index (χ4v) is 10.3. The van der Waals surface area contributed by atoms with Crippen LogP contribution in [0.3, 0.4) is 0 Å². The predicted molar refractivity (Wildman–Crippen MR) is 124 cm³/mol. The van der Waals surface area contributed by atoms with Crippen LogP contribution in [0.2, 0.25) is 0 Å². The highest BCUT2D eigenvalue weighted by atomic mass is 16.3. The van der Waals surface area contributed by atoms with Gasteiger partial charge in [-0.15, -0.1) is 0 Å². The molecule has 5 aliphatic carbocycles. The SMILES string of the molecule is C[C@H](O)[C@@]1(C)CCC[C@@H]2C1(C1CC1)CC[C@H]1[C@@]2(N)CCC2(N)CCCCCC[C@]12C. The molecule has 8 atom stereocenters. The van der Waals surface area contributed by atoms with Gasteiger partial charge in [-0.3, -0.25) is 0 Å². The van der Waals surface area contributed by atoms with E-state index in [1.807, 2.05) is 0 Å². The average molecular weight is 417 g/mol. The van der Waals surface area contributed by atoms with Gasteiger partial charge in [-0.05, 0) is 105 Å². The van der Waals surface area contributed by atoms with Gasteiger partial charge in [0.05, 0.1) is 6.10 Å². The van der Waals surface area contributed by atoms with Gasteiger partial charge in [-0.2, -0.15) is 0 Å². The van der Waals surface area contributed by atoms with Crippen LogP contribution in [-0.4, -0.2) is 22.3 Å². The van der Waals surface area contributed by atoms with E-state index in [4.69, 9.17) is 11.5 Å². The Morgan fingerprint density at radius 1 is 0.733 bits per heavy atom. The van der Waals surface area contributed by atoms with Crippen LogP contribution in [0.15, 0.2) is 0 Å². The number of rotatable bonds is 2. The van der Waals surface area contributed by atoms with Crippen LogP contribution >= 0.6 is 0 Å². The molecule has 0 aromatic heterocycles. The lowest BCUT2D eigenvalue weighted by atomic mass is 9.34. The molecule has 2 unspecified atom stereocenters. The van der Waals surface area contributed by atoms with E-state index < -0.39 is 0 Å². The molecule has 5 rings (SSSR count). The van der Waals surface area contributed by atoms with E-state index in [0.717, 1.165) is 18.8 Å². The first-order valence-corrected chi connectivity index (χ1v) is 13.4. The second-order valence-electron chi connectivity index (χ2n) is 13.0. The van der Waals surface area contributed by atoms with Crippen LogP contribution < -0.4 is 11.5 Å². The molecule has 5 aliphatic rings. The van der Waals surface area contributed by atoms with Crippen molar-refractivity contribution in [2.45, 2.75) is 134 Å². The van der Waals surface area contributed by atoms with Crippen LogP contribution in [0.4, 0.5) is 0 Å². The third-order valence-electron chi connectivity index (χ3n) is 12.2. The Kier molecular flexibility index (Phi) is 5.02. The van der Waals surface area contributed by atoms with Crippen LogP contribution in [0.5, 0.6) is 0 Å². The minimum atomic E-state index is -0.241. The summed E-state index contributed by atoms with van der Waals surface area (Å²) in [6.07, 6.45) is 18.7. The third kappa shape index (κ3) is 2.61. The number of nitrogens with two attached hydrogens (primary N) is 2. The number of aliphatic hydroxyl groups is 1. The molecular formula is C27H48N2O. The van der Waals surface area contributed by atoms with Crippen molar-refractivity contribution in [1.82, 2.24) is 0 Å². The molecule has 3 heteroatoms. The van der Waals surface area contributed by atoms with Gasteiger partial charge in [0.1, 0.15) is 0 Å². The van der Waals surface area contributed by atoms with Crippen molar-refractivity contribution in [2.75, 3.05) is 0 Å². The molecule has 0 aliphatic heterocycles. The molecule has 0 amide bonds.